The van der Waals surface area contributed by atoms with Gasteiger partial charge in [-0.3, -0.25) is 4.79 Å². The predicted molar refractivity (Wildman–Crippen MR) is 56.9 cm³/mol. The van der Waals surface area contributed by atoms with Crippen molar-refractivity contribution in [3.63, 3.8) is 0 Å². The summed E-state index contributed by atoms with van der Waals surface area (Å²) in [5.74, 6) is -0.479. The molecule has 0 aliphatic heterocycles. The van der Waals surface area contributed by atoms with Gasteiger partial charge in [-0.2, -0.15) is 18.4 Å². The largest absolute Gasteiger partial charge is 0.389 e. The first-order valence-corrected chi connectivity index (χ1v) is 5.57. The highest BCUT2D eigenvalue weighted by atomic mass is 19.4. The molecule has 0 saturated heterocycles. The fourth-order valence-corrected chi connectivity index (χ4v) is 1.44. The summed E-state index contributed by atoms with van der Waals surface area (Å²) in [5.41, 5.74) is -1.11. The molecule has 0 aliphatic rings. The van der Waals surface area contributed by atoms with Crippen molar-refractivity contribution in [2.24, 2.45) is 5.41 Å². The van der Waals surface area contributed by atoms with Crippen LogP contribution in [0.15, 0.2) is 0 Å². The highest BCUT2D eigenvalue weighted by Gasteiger charge is 2.34. The number of nitrogens with zero attached hydrogens (tertiary/aromatic N) is 1. The molecule has 0 atom stereocenters. The molecule has 0 radical (unpaired) electrons. The van der Waals surface area contributed by atoms with E-state index in [0.29, 0.717) is 12.8 Å². The predicted octanol–water partition coefficient (Wildman–Crippen LogP) is 2.78. The Bertz CT molecular complexity index is 290. The first kappa shape index (κ1) is 15.8. The van der Waals surface area contributed by atoms with Gasteiger partial charge in [0.25, 0.3) is 0 Å². The molecule has 0 fully saturated rings. The van der Waals surface area contributed by atoms with Crippen molar-refractivity contribution in [3.8, 4) is 6.07 Å². The van der Waals surface area contributed by atoms with Crippen LogP contribution in [-0.4, -0.2) is 18.6 Å². The molecule has 3 nitrogen and oxygen atoms in total. The second-order valence-electron chi connectivity index (χ2n) is 3.88. The summed E-state index contributed by atoms with van der Waals surface area (Å²) in [5, 5.41) is 11.3. The molecule has 98 valence electrons. The van der Waals surface area contributed by atoms with Crippen molar-refractivity contribution < 1.29 is 18.0 Å². The lowest BCUT2D eigenvalue weighted by Gasteiger charge is -2.22. The van der Waals surface area contributed by atoms with Gasteiger partial charge < -0.3 is 5.32 Å². The van der Waals surface area contributed by atoms with Gasteiger partial charge in [-0.05, 0) is 19.3 Å². The summed E-state index contributed by atoms with van der Waals surface area (Å²) in [6.07, 6.45) is -4.59. The molecule has 0 rings (SSSR count). The van der Waals surface area contributed by atoms with Crippen LogP contribution in [0, 0.1) is 16.7 Å². The fraction of sp³-hybridized carbons (Fsp3) is 0.818. The molecule has 0 unspecified atom stereocenters. The summed E-state index contributed by atoms with van der Waals surface area (Å²) in [6, 6.07) is 1.94. The minimum atomic E-state index is -4.20. The van der Waals surface area contributed by atoms with Crippen molar-refractivity contribution >= 4 is 5.91 Å². The standard InChI is InChI=1S/C11H17F3N2O/c1-3-10(4-2,8-15)9(17)16-7-5-6-11(12,13)14/h3-7H2,1-2H3,(H,16,17). The number of amides is 1. The summed E-state index contributed by atoms with van der Waals surface area (Å²) in [7, 11) is 0. The van der Waals surface area contributed by atoms with Crippen LogP contribution in [0.5, 0.6) is 0 Å². The Hall–Kier alpha value is -1.25. The highest BCUT2D eigenvalue weighted by Crippen LogP contribution is 2.25. The monoisotopic (exact) mass is 250 g/mol. The van der Waals surface area contributed by atoms with Crippen LogP contribution in [0.1, 0.15) is 39.5 Å². The van der Waals surface area contributed by atoms with Gasteiger partial charge in [0.05, 0.1) is 6.07 Å². The van der Waals surface area contributed by atoms with Gasteiger partial charge in [0, 0.05) is 13.0 Å². The number of carbonyl (C=O) groups excluding carboxylic acids is 1. The van der Waals surface area contributed by atoms with Gasteiger partial charge in [-0.1, -0.05) is 13.8 Å². The van der Waals surface area contributed by atoms with Gasteiger partial charge in [-0.25, -0.2) is 0 Å². The molecule has 0 bridgehead atoms. The van der Waals surface area contributed by atoms with Crippen molar-refractivity contribution in [1.82, 2.24) is 5.32 Å². The highest BCUT2D eigenvalue weighted by molar-refractivity contribution is 5.85. The zero-order valence-corrected chi connectivity index (χ0v) is 10.0. The van der Waals surface area contributed by atoms with Crippen LogP contribution in [0.3, 0.4) is 0 Å². The van der Waals surface area contributed by atoms with Gasteiger partial charge in [0.15, 0.2) is 0 Å². The molecular formula is C11H17F3N2O. The third-order valence-electron chi connectivity index (χ3n) is 2.78. The maximum Gasteiger partial charge on any atom is 0.389 e. The van der Waals surface area contributed by atoms with Gasteiger partial charge >= 0.3 is 6.18 Å². The van der Waals surface area contributed by atoms with Gasteiger partial charge in [0.1, 0.15) is 5.41 Å². The van der Waals surface area contributed by atoms with Crippen molar-refractivity contribution in [2.45, 2.75) is 45.7 Å². The van der Waals surface area contributed by atoms with E-state index < -0.39 is 23.9 Å². The van der Waals surface area contributed by atoms with Crippen LogP contribution in [0.2, 0.25) is 0 Å². The Labute approximate surface area is 99.0 Å². The Kier molecular flexibility index (Phi) is 6.00. The lowest BCUT2D eigenvalue weighted by Crippen LogP contribution is -2.40. The summed E-state index contributed by atoms with van der Waals surface area (Å²) >= 11 is 0. The van der Waals surface area contributed by atoms with Crippen LogP contribution >= 0.6 is 0 Å². The SMILES string of the molecule is CCC(C#N)(CC)C(=O)NCCCC(F)(F)F. The molecule has 0 aromatic rings. The Morgan fingerprint density at radius 1 is 1.29 bits per heavy atom. The smallest absolute Gasteiger partial charge is 0.355 e. The Balaban J connectivity index is 4.14. The van der Waals surface area contributed by atoms with E-state index in [-0.39, 0.29) is 13.0 Å². The number of alkyl halides is 3. The average molecular weight is 250 g/mol. The van der Waals surface area contributed by atoms with Crippen LogP contribution in [-0.2, 0) is 4.79 Å². The van der Waals surface area contributed by atoms with Gasteiger partial charge in [0.2, 0.25) is 5.91 Å². The summed E-state index contributed by atoms with van der Waals surface area (Å²) < 4.78 is 35.5. The molecule has 1 amide bonds. The first-order valence-electron chi connectivity index (χ1n) is 5.57. The van der Waals surface area contributed by atoms with E-state index in [1.807, 2.05) is 6.07 Å². The van der Waals surface area contributed by atoms with E-state index >= 15 is 0 Å². The van der Waals surface area contributed by atoms with Gasteiger partial charge in [-0.15, -0.1) is 0 Å². The molecular weight excluding hydrogens is 233 g/mol. The number of rotatable bonds is 6. The number of halogens is 3. The second kappa shape index (κ2) is 6.48. The number of hydrogen-bond donors (Lipinski definition) is 1. The van der Waals surface area contributed by atoms with E-state index in [2.05, 4.69) is 5.32 Å². The van der Waals surface area contributed by atoms with E-state index in [0.717, 1.165) is 0 Å². The molecule has 0 aliphatic carbocycles. The molecule has 0 saturated carbocycles. The Morgan fingerprint density at radius 2 is 1.82 bits per heavy atom. The van der Waals surface area contributed by atoms with E-state index in [4.69, 9.17) is 5.26 Å². The molecule has 1 N–H and O–H groups in total. The zero-order chi connectivity index (χ0) is 13.5. The zero-order valence-electron chi connectivity index (χ0n) is 10.0. The number of hydrogen-bond acceptors (Lipinski definition) is 2. The number of nitrogens with one attached hydrogen (secondary N) is 1. The third-order valence-corrected chi connectivity index (χ3v) is 2.78. The third kappa shape index (κ3) is 5.07. The molecule has 0 spiro atoms. The molecule has 0 aromatic heterocycles. The number of nitriles is 1. The maximum absolute atomic E-state index is 11.8. The maximum atomic E-state index is 11.8. The number of carbonyl (C=O) groups is 1. The molecule has 17 heavy (non-hydrogen) atoms. The first-order chi connectivity index (χ1) is 7.81. The van der Waals surface area contributed by atoms with E-state index in [1.165, 1.54) is 0 Å². The van der Waals surface area contributed by atoms with E-state index in [9.17, 15) is 18.0 Å². The molecule has 0 heterocycles. The van der Waals surface area contributed by atoms with Crippen LogP contribution < -0.4 is 5.32 Å². The lowest BCUT2D eigenvalue weighted by molar-refractivity contribution is -0.137. The van der Waals surface area contributed by atoms with Crippen molar-refractivity contribution in [3.05, 3.63) is 0 Å². The summed E-state index contributed by atoms with van der Waals surface area (Å²) in [4.78, 5) is 11.7. The lowest BCUT2D eigenvalue weighted by atomic mass is 9.83. The molecule has 6 heteroatoms. The Morgan fingerprint density at radius 3 is 2.18 bits per heavy atom. The second-order valence-corrected chi connectivity index (χ2v) is 3.88. The normalized spacial score (nSPS) is 12.0. The van der Waals surface area contributed by atoms with Crippen LogP contribution in [0.4, 0.5) is 13.2 Å². The van der Waals surface area contributed by atoms with Crippen molar-refractivity contribution in [1.29, 1.82) is 5.26 Å². The van der Waals surface area contributed by atoms with Crippen LogP contribution in [0.25, 0.3) is 0 Å². The van der Waals surface area contributed by atoms with E-state index in [1.54, 1.807) is 13.8 Å². The fourth-order valence-electron chi connectivity index (χ4n) is 1.44. The quantitative estimate of drug-likeness (QED) is 0.737. The summed E-state index contributed by atoms with van der Waals surface area (Å²) in [6.45, 7) is 3.37. The topological polar surface area (TPSA) is 52.9 Å². The minimum absolute atomic E-state index is 0.0538. The molecule has 0 aromatic carbocycles. The van der Waals surface area contributed by atoms with Crippen molar-refractivity contribution in [2.75, 3.05) is 6.54 Å². The minimum Gasteiger partial charge on any atom is -0.355 e. The average Bonchev–Trinajstić information content (AvgIpc) is 2.26.